The molecule has 6 rings (SSSR count). The van der Waals surface area contributed by atoms with Crippen molar-refractivity contribution >= 4 is 22.5 Å². The zero-order chi connectivity index (χ0) is 33.5. The maximum absolute atomic E-state index is 15.1. The van der Waals surface area contributed by atoms with Crippen LogP contribution in [0.1, 0.15) is 59.3 Å². The summed E-state index contributed by atoms with van der Waals surface area (Å²) in [6.07, 6.45) is 4.39. The maximum atomic E-state index is 15.1. The molecular formula is C39H41FN4O4. The summed E-state index contributed by atoms with van der Waals surface area (Å²) in [7, 11) is 1.52. The first-order valence-corrected chi connectivity index (χ1v) is 16.5. The number of pyridine rings is 1. The minimum Gasteiger partial charge on any atom is -0.496 e. The third kappa shape index (κ3) is 7.86. The fourth-order valence-corrected chi connectivity index (χ4v) is 6.68. The Labute approximate surface area is 280 Å². The lowest BCUT2D eigenvalue weighted by molar-refractivity contribution is -0.126. The molecule has 0 unspecified atom stereocenters. The molecule has 5 aromatic rings. The molecule has 2 atom stereocenters. The van der Waals surface area contributed by atoms with Gasteiger partial charge in [-0.2, -0.15) is 5.10 Å². The summed E-state index contributed by atoms with van der Waals surface area (Å²) < 4.78 is 26.4. The quantitative estimate of drug-likeness (QED) is 0.0984. The molecule has 248 valence electrons. The van der Waals surface area contributed by atoms with Crippen LogP contribution in [0.2, 0.25) is 0 Å². The third-order valence-electron chi connectivity index (χ3n) is 9.16. The van der Waals surface area contributed by atoms with Crippen LogP contribution >= 0.6 is 0 Å². The van der Waals surface area contributed by atoms with Gasteiger partial charge in [0, 0.05) is 66.5 Å². The number of likely N-dealkylation sites (tertiary alicyclic amines) is 1. The average molecular weight is 649 g/mol. The van der Waals surface area contributed by atoms with Crippen molar-refractivity contribution in [2.45, 2.75) is 58.2 Å². The second-order valence-corrected chi connectivity index (χ2v) is 12.6. The first-order valence-electron chi connectivity index (χ1n) is 16.5. The van der Waals surface area contributed by atoms with Crippen molar-refractivity contribution in [3.8, 4) is 17.0 Å². The molecule has 9 heteroatoms. The number of halogens is 1. The van der Waals surface area contributed by atoms with Gasteiger partial charge in [-0.1, -0.05) is 36.4 Å². The van der Waals surface area contributed by atoms with E-state index in [1.165, 1.54) is 13.2 Å². The molecule has 0 amide bonds. The highest BCUT2D eigenvalue weighted by atomic mass is 19.1. The molecule has 0 saturated carbocycles. The van der Waals surface area contributed by atoms with Gasteiger partial charge in [-0.15, -0.1) is 0 Å². The maximum Gasteiger partial charge on any atom is 0.163 e. The fourth-order valence-electron chi connectivity index (χ4n) is 6.68. The van der Waals surface area contributed by atoms with E-state index >= 15 is 4.39 Å². The lowest BCUT2D eigenvalue weighted by Gasteiger charge is -2.39. The molecule has 1 fully saturated rings. The highest BCUT2D eigenvalue weighted by Crippen LogP contribution is 2.33. The van der Waals surface area contributed by atoms with E-state index in [0.717, 1.165) is 39.8 Å². The standard InChI is InChI=1S/C39H41FN4O4/c1-26-20-30(17-18-41-26)39-31-22-29(14-15-34(31)42-43-39)37(46)21-28-13-16-35(36(45)11-7-19-48-25-27-8-4-3-5-9-27)44(23-28)24-32-33(40)10-6-12-38(32)47-2/h3-6,8-10,12,14-15,17-18,20,22,28,35H,7,11,13,16,19,21,23-25H2,1-2H3,(H,42,43)/t28-,35-/m0/s1. The van der Waals surface area contributed by atoms with Crippen LogP contribution in [0.25, 0.3) is 22.2 Å². The molecule has 2 aromatic heterocycles. The lowest BCUT2D eigenvalue weighted by atomic mass is 9.85. The number of aryl methyl sites for hydroxylation is 1. The number of piperidine rings is 1. The Hall–Kier alpha value is -4.73. The number of ketones is 2. The number of benzene rings is 3. The van der Waals surface area contributed by atoms with Crippen molar-refractivity contribution < 1.29 is 23.5 Å². The van der Waals surface area contributed by atoms with Crippen LogP contribution in [-0.2, 0) is 22.7 Å². The molecule has 1 saturated heterocycles. The van der Waals surface area contributed by atoms with Gasteiger partial charge in [0.25, 0.3) is 0 Å². The molecule has 0 spiro atoms. The van der Waals surface area contributed by atoms with Gasteiger partial charge in [0.15, 0.2) is 5.78 Å². The number of carbonyl (C=O) groups is 2. The van der Waals surface area contributed by atoms with E-state index in [-0.39, 0.29) is 35.9 Å². The molecule has 3 heterocycles. The molecule has 0 aliphatic carbocycles. The van der Waals surface area contributed by atoms with Crippen molar-refractivity contribution in [1.82, 2.24) is 20.1 Å². The van der Waals surface area contributed by atoms with Crippen LogP contribution in [0.4, 0.5) is 4.39 Å². The highest BCUT2D eigenvalue weighted by Gasteiger charge is 2.34. The summed E-state index contributed by atoms with van der Waals surface area (Å²) in [5.41, 5.74) is 5.58. The summed E-state index contributed by atoms with van der Waals surface area (Å²) in [5, 5.41) is 8.46. The average Bonchev–Trinajstić information content (AvgIpc) is 3.53. The molecule has 8 nitrogen and oxygen atoms in total. The molecule has 1 N–H and O–H groups in total. The monoisotopic (exact) mass is 648 g/mol. The number of nitrogens with zero attached hydrogens (tertiary/aromatic N) is 3. The van der Waals surface area contributed by atoms with Crippen LogP contribution in [-0.4, -0.2) is 58.0 Å². The Morgan fingerprint density at radius 3 is 2.69 bits per heavy atom. The fraction of sp³-hybridized carbons (Fsp3) is 0.333. The Bertz CT molecular complexity index is 1870. The number of ether oxygens (including phenoxy) is 2. The predicted octanol–water partition coefficient (Wildman–Crippen LogP) is 7.50. The van der Waals surface area contributed by atoms with Crippen LogP contribution in [0.5, 0.6) is 5.75 Å². The minimum absolute atomic E-state index is 0.0101. The van der Waals surface area contributed by atoms with E-state index in [1.807, 2.05) is 72.5 Å². The summed E-state index contributed by atoms with van der Waals surface area (Å²) in [6, 6.07) is 23.9. The second-order valence-electron chi connectivity index (χ2n) is 12.6. The predicted molar refractivity (Wildman–Crippen MR) is 183 cm³/mol. The van der Waals surface area contributed by atoms with Gasteiger partial charge >= 0.3 is 0 Å². The van der Waals surface area contributed by atoms with E-state index in [1.54, 1.807) is 18.3 Å². The number of Topliss-reactive ketones (excluding diaryl/α,β-unsaturated/α-hetero) is 2. The number of fused-ring (bicyclic) bond motifs is 1. The topological polar surface area (TPSA) is 97.4 Å². The second kappa shape index (κ2) is 15.4. The highest BCUT2D eigenvalue weighted by molar-refractivity contribution is 6.02. The summed E-state index contributed by atoms with van der Waals surface area (Å²) >= 11 is 0. The minimum atomic E-state index is -0.373. The zero-order valence-corrected chi connectivity index (χ0v) is 27.5. The first-order chi connectivity index (χ1) is 23.4. The summed E-state index contributed by atoms with van der Waals surface area (Å²) in [6.45, 7) is 3.64. The number of H-pyrrole nitrogens is 1. The molecule has 1 aliphatic rings. The first kappa shape index (κ1) is 33.2. The largest absolute Gasteiger partial charge is 0.496 e. The van der Waals surface area contributed by atoms with Gasteiger partial charge in [-0.05, 0) is 80.1 Å². The number of aromatic nitrogens is 3. The number of nitrogens with one attached hydrogen (secondary N) is 1. The Kier molecular flexibility index (Phi) is 10.7. The Balaban J connectivity index is 1.14. The zero-order valence-electron chi connectivity index (χ0n) is 27.5. The SMILES string of the molecule is COc1cccc(F)c1CN1C[C@H](CC(=O)c2ccc3[nH]nc(-c4ccnc(C)c4)c3c2)CC[C@H]1C(=O)CCCOCc1ccccc1. The molecular weight excluding hydrogens is 607 g/mol. The van der Waals surface area contributed by atoms with E-state index in [9.17, 15) is 9.59 Å². The summed E-state index contributed by atoms with van der Waals surface area (Å²) in [4.78, 5) is 33.6. The number of methoxy groups -OCH3 is 1. The molecule has 0 radical (unpaired) electrons. The van der Waals surface area contributed by atoms with Crippen LogP contribution in [0, 0.1) is 18.7 Å². The van der Waals surface area contributed by atoms with Crippen molar-refractivity contribution in [2.24, 2.45) is 5.92 Å². The normalized spacial score (nSPS) is 16.6. The summed E-state index contributed by atoms with van der Waals surface area (Å²) in [5.74, 6) is 0.228. The van der Waals surface area contributed by atoms with Crippen LogP contribution in [0.15, 0.2) is 85.1 Å². The van der Waals surface area contributed by atoms with Gasteiger partial charge in [0.05, 0.1) is 25.3 Å². The van der Waals surface area contributed by atoms with Gasteiger partial charge < -0.3 is 9.47 Å². The number of hydrogen-bond acceptors (Lipinski definition) is 7. The van der Waals surface area contributed by atoms with Gasteiger partial charge in [-0.25, -0.2) is 4.39 Å². The van der Waals surface area contributed by atoms with E-state index in [2.05, 4.69) is 15.2 Å². The van der Waals surface area contributed by atoms with Gasteiger partial charge in [-0.3, -0.25) is 24.6 Å². The van der Waals surface area contributed by atoms with Crippen molar-refractivity contribution in [1.29, 1.82) is 0 Å². The molecule has 48 heavy (non-hydrogen) atoms. The van der Waals surface area contributed by atoms with E-state index < -0.39 is 0 Å². The van der Waals surface area contributed by atoms with Crippen LogP contribution < -0.4 is 4.74 Å². The van der Waals surface area contributed by atoms with Crippen molar-refractivity contribution in [3.05, 3.63) is 113 Å². The van der Waals surface area contributed by atoms with Gasteiger partial charge in [0.1, 0.15) is 23.0 Å². The molecule has 1 aliphatic heterocycles. The number of carbonyl (C=O) groups excluding carboxylic acids is 2. The number of aromatic amines is 1. The number of rotatable bonds is 14. The third-order valence-corrected chi connectivity index (χ3v) is 9.16. The lowest BCUT2D eigenvalue weighted by Crippen LogP contribution is -2.47. The van der Waals surface area contributed by atoms with Crippen molar-refractivity contribution in [2.75, 3.05) is 20.3 Å². The van der Waals surface area contributed by atoms with E-state index in [0.29, 0.717) is 62.3 Å². The molecule has 0 bridgehead atoms. The Morgan fingerprint density at radius 1 is 1.02 bits per heavy atom. The molecule has 3 aromatic carbocycles. The smallest absolute Gasteiger partial charge is 0.163 e. The van der Waals surface area contributed by atoms with Gasteiger partial charge in [0.2, 0.25) is 0 Å². The van der Waals surface area contributed by atoms with Crippen molar-refractivity contribution in [3.63, 3.8) is 0 Å². The number of hydrogen-bond donors (Lipinski definition) is 1. The van der Waals surface area contributed by atoms with E-state index in [4.69, 9.17) is 9.47 Å². The van der Waals surface area contributed by atoms with Crippen LogP contribution in [0.3, 0.4) is 0 Å². The Morgan fingerprint density at radius 2 is 1.88 bits per heavy atom.